The second-order valence-corrected chi connectivity index (χ2v) is 36.3. The van der Waals surface area contributed by atoms with Gasteiger partial charge >= 0.3 is 0 Å². The number of hydrogen-bond donors (Lipinski definition) is 15. The molecular formula is C99H129N39O2. The van der Waals surface area contributed by atoms with Crippen molar-refractivity contribution in [1.29, 1.82) is 16.2 Å². The normalized spacial score (nSPS) is 18.9. The molecule has 0 radical (unpaired) electrons. The second kappa shape index (κ2) is 46.0. The van der Waals surface area contributed by atoms with Gasteiger partial charge in [-0.2, -0.15) is 0 Å². The van der Waals surface area contributed by atoms with E-state index in [2.05, 4.69) is 77.3 Å². The molecule has 0 unspecified atom stereocenters. The summed E-state index contributed by atoms with van der Waals surface area (Å²) in [6, 6.07) is 35.3. The van der Waals surface area contributed by atoms with Crippen molar-refractivity contribution in [2.24, 2.45) is 47.2 Å². The fourth-order valence-electron chi connectivity index (χ4n) is 18.9. The highest BCUT2D eigenvalue weighted by molar-refractivity contribution is 6.54. The molecule has 12 aromatic heterocycles. The fourth-order valence-corrected chi connectivity index (χ4v) is 18.9. The molecule has 12 aromatic rings. The van der Waals surface area contributed by atoms with Gasteiger partial charge in [-0.3, -0.25) is 26.0 Å². The zero-order valence-corrected chi connectivity index (χ0v) is 79.6. The number of hydrogen-bond acceptors (Lipinski definition) is 32. The van der Waals surface area contributed by atoms with Gasteiger partial charge in [0.05, 0.1) is 93.8 Å². The van der Waals surface area contributed by atoms with E-state index in [4.69, 9.17) is 103 Å². The van der Waals surface area contributed by atoms with Crippen LogP contribution in [0.5, 0.6) is 0 Å². The smallest absolute Gasteiger partial charge is 0.178 e. The first-order valence-electron chi connectivity index (χ1n) is 49.7. The van der Waals surface area contributed by atoms with Crippen LogP contribution in [0, 0.1) is 16.2 Å². The van der Waals surface area contributed by atoms with Gasteiger partial charge in [-0.15, -0.1) is 30.6 Å². The van der Waals surface area contributed by atoms with Crippen molar-refractivity contribution in [3.8, 4) is 0 Å². The zero-order chi connectivity index (χ0) is 95.3. The Labute approximate surface area is 812 Å². The molecule has 140 heavy (non-hydrogen) atoms. The molecule has 0 aromatic carbocycles. The number of pyridine rings is 6. The lowest BCUT2D eigenvalue weighted by Gasteiger charge is -2.26. The monoisotopic (exact) mass is 1900 g/mol. The summed E-state index contributed by atoms with van der Waals surface area (Å²) in [6.45, 7) is 26.3. The Kier molecular flexibility index (Phi) is 31.1. The number of nitrogens with two attached hydrogens (primary N) is 3. The zero-order valence-electron chi connectivity index (χ0n) is 79.6. The van der Waals surface area contributed by atoms with E-state index in [1.165, 1.54) is 103 Å². The first kappa shape index (κ1) is 94.6. The average Bonchev–Trinajstić information content (AvgIpc) is 1.61. The maximum Gasteiger partial charge on any atom is 0.178 e. The quantitative estimate of drug-likeness (QED) is 0.0174. The number of morpholine rings is 2. The number of nitrogens with zero attached hydrogens (tertiary/aromatic N) is 24. The topological polar surface area (TPSA) is 474 Å². The first-order valence-corrected chi connectivity index (χ1v) is 49.7. The van der Waals surface area contributed by atoms with E-state index in [-0.39, 0.29) is 17.1 Å². The molecule has 0 saturated carbocycles. The highest BCUT2D eigenvalue weighted by Gasteiger charge is 2.30. The third-order valence-electron chi connectivity index (χ3n) is 26.4. The Hall–Kier alpha value is -14.3. The van der Waals surface area contributed by atoms with Crippen molar-refractivity contribution in [1.82, 2.24) is 87.1 Å². The standard InChI is InChI=1S/C35H47N13.C33H43N13.C31H39N13O2/c36-26-25-27(37)33(41-31-29-14-4-10-24-48(29)44-35(31)39-16-12-22-46-19-7-2-8-20-46)42-32(26)40-30-28-13-3-9-23-47(28)43-34(30)38-15-11-21-45-17-5-1-6-18-45;34-24-23-25(35)31(39-29-27-12-4-10-20-46(27)42-33(29)37-14-22-44-17-7-2-8-18-44)40-30(24)38-28-26-11-3-9-19-45(26)41-32(28)36-13-21-43-15-5-1-6-16-43;32-22-21-23(33)29(37-27-25-6-2-4-10-44(25)40-31(27)35-8-12-42-15-19-46-20-16-42)38-28(22)36-26-24-5-1-3-9-43(24)39-30(26)34-7-11-41-13-17-45-18-14-41/h3-4,9-10,13-14,23-25,36H,1-2,5-8,11-12,15-22,37H2,(H,38,43)(H,39,44)(H,40,41,42);3-4,9-12,19-20,23,34H,1-2,5-8,13-18,21-22,35H2,(H,36,41)(H,37,42)(H,38,39,40);1-6,9-10,21,32H,7-8,11-20,33H2,(H,34,39)(H,35,40)(H,36,37,38). The number of ether oxygens (including phenoxy) is 2. The summed E-state index contributed by atoms with van der Waals surface area (Å²) in [7, 11) is 0. The number of anilines is 9. The van der Waals surface area contributed by atoms with Crippen LogP contribution in [0.1, 0.15) is 89.9 Å². The van der Waals surface area contributed by atoms with E-state index in [1.54, 1.807) is 27.3 Å². The maximum absolute atomic E-state index is 8.76. The van der Waals surface area contributed by atoms with Crippen LogP contribution in [-0.4, -0.2) is 323 Å². The third-order valence-corrected chi connectivity index (χ3v) is 26.4. The molecule has 732 valence electrons. The number of dihydropyridines is 3. The Bertz CT molecular complexity index is 6390. The van der Waals surface area contributed by atoms with Crippen LogP contribution in [0.3, 0.4) is 0 Å². The lowest BCUT2D eigenvalue weighted by molar-refractivity contribution is 0.0398. The Morgan fingerprint density at radius 3 is 0.807 bits per heavy atom. The van der Waals surface area contributed by atoms with Crippen molar-refractivity contribution >= 4 is 154 Å². The predicted octanol–water partition coefficient (Wildman–Crippen LogP) is 11.1. The minimum absolute atomic E-state index is 0.148. The number of likely N-dealkylation sites (tertiary alicyclic amines) is 4. The fraction of sp³-hybridized carbons (Fsp3) is 0.424. The number of nitrogens with one attached hydrogen (secondary N) is 12. The molecule has 9 aliphatic rings. The van der Waals surface area contributed by atoms with Crippen molar-refractivity contribution in [2.75, 3.05) is 231 Å². The van der Waals surface area contributed by atoms with Gasteiger partial charge in [0.15, 0.2) is 69.9 Å². The molecule has 21 heterocycles. The van der Waals surface area contributed by atoms with Crippen molar-refractivity contribution < 1.29 is 9.47 Å². The first-order chi connectivity index (χ1) is 68.9. The van der Waals surface area contributed by atoms with E-state index in [0.717, 1.165) is 213 Å². The number of piperidine rings is 4. The lowest BCUT2D eigenvalue weighted by atomic mass is 10.1. The summed E-state index contributed by atoms with van der Waals surface area (Å²) in [5.74, 6) is 6.08. The van der Waals surface area contributed by atoms with E-state index in [9.17, 15) is 0 Å². The Morgan fingerprint density at radius 1 is 0.279 bits per heavy atom. The minimum Gasteiger partial charge on any atom is -0.396 e. The molecule has 9 aliphatic heterocycles. The van der Waals surface area contributed by atoms with Gasteiger partial charge in [-0.1, -0.05) is 62.1 Å². The molecule has 6 fully saturated rings. The van der Waals surface area contributed by atoms with Gasteiger partial charge < -0.3 is 94.1 Å². The van der Waals surface area contributed by atoms with Crippen LogP contribution in [0.15, 0.2) is 212 Å². The Balaban J connectivity index is 0.000000134. The van der Waals surface area contributed by atoms with Gasteiger partial charge in [-0.05, 0) is 221 Å². The molecular weight excluding hydrogens is 1770 g/mol. The maximum atomic E-state index is 8.76. The summed E-state index contributed by atoms with van der Waals surface area (Å²) in [5, 5.41) is 86.1. The molecule has 0 atom stereocenters. The highest BCUT2D eigenvalue weighted by Crippen LogP contribution is 2.37. The number of rotatable bonds is 32. The van der Waals surface area contributed by atoms with E-state index in [0.29, 0.717) is 111 Å². The molecule has 18 N–H and O–H groups in total. The van der Waals surface area contributed by atoms with E-state index in [1.807, 2.05) is 164 Å². The number of aliphatic imine (C=N–C) groups is 6. The highest BCUT2D eigenvalue weighted by atomic mass is 16.5. The van der Waals surface area contributed by atoms with Crippen LogP contribution in [-0.2, 0) is 9.47 Å². The lowest BCUT2D eigenvalue weighted by Crippen LogP contribution is -2.39. The molecule has 21 rings (SSSR count). The molecule has 0 spiro atoms. The second-order valence-electron chi connectivity index (χ2n) is 36.3. The van der Waals surface area contributed by atoms with Crippen molar-refractivity contribution in [2.45, 2.75) is 89.9 Å². The molecule has 0 amide bonds. The van der Waals surface area contributed by atoms with E-state index < -0.39 is 0 Å². The summed E-state index contributed by atoms with van der Waals surface area (Å²) in [5.41, 5.74) is 30.1. The third kappa shape index (κ3) is 23.5. The number of aromatic nitrogens is 12. The molecule has 0 bridgehead atoms. The molecule has 0 aliphatic carbocycles. The largest absolute Gasteiger partial charge is 0.396 e. The van der Waals surface area contributed by atoms with Gasteiger partial charge in [-0.25, -0.2) is 57.0 Å². The predicted molar refractivity (Wildman–Crippen MR) is 561 cm³/mol. The van der Waals surface area contributed by atoms with Crippen molar-refractivity contribution in [3.63, 3.8) is 0 Å². The van der Waals surface area contributed by atoms with Crippen LogP contribution < -0.4 is 65.1 Å². The van der Waals surface area contributed by atoms with E-state index >= 15 is 0 Å². The summed E-state index contributed by atoms with van der Waals surface area (Å²) < 4.78 is 21.9. The van der Waals surface area contributed by atoms with Crippen LogP contribution >= 0.6 is 0 Å². The van der Waals surface area contributed by atoms with Gasteiger partial charge in [0.1, 0.15) is 34.1 Å². The number of amidine groups is 6. The van der Waals surface area contributed by atoms with Crippen LogP contribution in [0.4, 0.5) is 69.0 Å². The average molecular weight is 1900 g/mol. The summed E-state index contributed by atoms with van der Waals surface area (Å²) >= 11 is 0. The van der Waals surface area contributed by atoms with Crippen molar-refractivity contribution in [3.05, 3.63) is 182 Å². The van der Waals surface area contributed by atoms with Crippen LogP contribution in [0.25, 0.3) is 33.1 Å². The minimum atomic E-state index is 0.148. The summed E-state index contributed by atoms with van der Waals surface area (Å²) in [4.78, 5) is 44.0. The molecule has 41 heteroatoms. The van der Waals surface area contributed by atoms with Gasteiger partial charge in [0.25, 0.3) is 0 Å². The molecule has 41 nitrogen and oxygen atoms in total. The van der Waals surface area contributed by atoms with Gasteiger partial charge in [0.2, 0.25) is 0 Å². The SMILES string of the molecule is N=C1C=C(N)C(=Nc2c(NCCCN3CCCCC3)nn3ccccc23)N=C1Nc1c(NCCCN2CCCCC2)nn2ccccc12.N=C1C=C(N)C(=Nc2c(NCCN3CCCCC3)nn3ccccc23)N=C1Nc1c(NCCN2CCCCC2)nn2ccccc12.N=C1C=C(N)C(=Nc2c(NCCN3CCOCC3)nn3ccccc23)N=C1Nc1c(NCCN2CCOCC2)nn2ccccc12. The molecule has 6 saturated heterocycles. The number of fused-ring (bicyclic) bond motifs is 6. The summed E-state index contributed by atoms with van der Waals surface area (Å²) in [6.07, 6.45) is 33.8. The van der Waals surface area contributed by atoms with Crippen LogP contribution in [0.2, 0.25) is 0 Å². The van der Waals surface area contributed by atoms with Gasteiger partial charge in [0, 0.05) is 129 Å². The Morgan fingerprint density at radius 2 is 0.514 bits per heavy atom.